The quantitative estimate of drug-likeness (QED) is 0.0796. The summed E-state index contributed by atoms with van der Waals surface area (Å²) in [5, 5.41) is 20.8. The van der Waals surface area contributed by atoms with Gasteiger partial charge in [-0.3, -0.25) is 9.80 Å². The number of benzene rings is 4. The monoisotopic (exact) mass is 1260 g/mol. The van der Waals surface area contributed by atoms with E-state index >= 15 is 0 Å². The fraction of sp³-hybridized carbons (Fsp3) is 0.365. The number of halogens is 4. The molecule has 24 heteroatoms. The van der Waals surface area contributed by atoms with Gasteiger partial charge in [0.1, 0.15) is 22.8 Å². The van der Waals surface area contributed by atoms with Crippen LogP contribution in [0, 0.1) is 0 Å². The number of carboxylic acids is 1. The second-order valence-electron chi connectivity index (χ2n) is 22.9. The molecule has 1 N–H and O–H groups in total. The number of anilines is 4. The highest BCUT2D eigenvalue weighted by Gasteiger charge is 2.31. The predicted molar refractivity (Wildman–Crippen MR) is 342 cm³/mol. The SMILES string of the molecule is CCN1CCN(c2ccc(-c3cc(N(Cc4ccc(Cl)cc4Cl)C(=O)OC(C)(C)C)n4nccc4n3)cc2C(=O)O)CC1.CCN1CCN(c2ccc(-c3cc(N(Cc4ccc(Cl)cc4Cl)C(=O)OC(C)(C)C)n4nccc4n3)cc2C(=O)OC)CC1. The third kappa shape index (κ3) is 15.3. The molecule has 458 valence electrons. The topological polar surface area (TPSA) is 196 Å². The van der Waals surface area contributed by atoms with Gasteiger partial charge in [0.25, 0.3) is 0 Å². The number of aromatic nitrogens is 6. The van der Waals surface area contributed by atoms with Gasteiger partial charge in [0.2, 0.25) is 0 Å². The summed E-state index contributed by atoms with van der Waals surface area (Å²) in [6.07, 6.45) is 1.99. The van der Waals surface area contributed by atoms with Gasteiger partial charge in [0.05, 0.1) is 66.5 Å². The molecular formula is C63H70Cl4N12O8. The van der Waals surface area contributed by atoms with Crippen LogP contribution in [0.5, 0.6) is 0 Å². The predicted octanol–water partition coefficient (Wildman–Crippen LogP) is 13.1. The Morgan fingerprint density at radius 2 is 0.943 bits per heavy atom. The number of rotatable bonds is 14. The van der Waals surface area contributed by atoms with Crippen LogP contribution < -0.4 is 19.6 Å². The van der Waals surface area contributed by atoms with Crippen LogP contribution in [-0.2, 0) is 27.3 Å². The Morgan fingerprint density at radius 1 is 0.540 bits per heavy atom. The van der Waals surface area contributed by atoms with Crippen molar-refractivity contribution in [2.75, 3.05) is 92.2 Å². The number of methoxy groups -OCH3 is 1. The summed E-state index contributed by atoms with van der Waals surface area (Å²) < 4.78 is 19.9. The van der Waals surface area contributed by atoms with E-state index in [1.165, 1.54) is 21.4 Å². The van der Waals surface area contributed by atoms with Crippen molar-refractivity contribution in [1.29, 1.82) is 0 Å². The first-order valence-corrected chi connectivity index (χ1v) is 30.1. The van der Waals surface area contributed by atoms with Gasteiger partial charge in [-0.2, -0.15) is 19.2 Å². The highest BCUT2D eigenvalue weighted by atomic mass is 35.5. The summed E-state index contributed by atoms with van der Waals surface area (Å²) >= 11 is 25.3. The van der Waals surface area contributed by atoms with Crippen molar-refractivity contribution in [1.82, 2.24) is 39.0 Å². The Balaban J connectivity index is 0.000000208. The van der Waals surface area contributed by atoms with Gasteiger partial charge in [-0.05, 0) is 114 Å². The molecule has 0 aliphatic carbocycles. The first-order chi connectivity index (χ1) is 41.4. The van der Waals surface area contributed by atoms with Crippen LogP contribution in [0.15, 0.2) is 109 Å². The van der Waals surface area contributed by atoms with Crippen LogP contribution in [0.2, 0.25) is 20.1 Å². The van der Waals surface area contributed by atoms with E-state index in [0.717, 1.165) is 71.1 Å². The van der Waals surface area contributed by atoms with Gasteiger partial charge in [0, 0.05) is 108 Å². The number of likely N-dealkylation sites (N-methyl/N-ethyl adjacent to an activating group) is 2. The van der Waals surface area contributed by atoms with E-state index in [-0.39, 0.29) is 18.7 Å². The Labute approximate surface area is 525 Å². The van der Waals surface area contributed by atoms with Crippen molar-refractivity contribution >= 4 is 105 Å². The molecule has 0 saturated carbocycles. The molecule has 87 heavy (non-hydrogen) atoms. The van der Waals surface area contributed by atoms with Crippen LogP contribution in [0.3, 0.4) is 0 Å². The number of nitrogens with zero attached hydrogens (tertiary/aromatic N) is 12. The number of esters is 1. The lowest BCUT2D eigenvalue weighted by Crippen LogP contribution is -2.46. The Morgan fingerprint density at radius 3 is 1.31 bits per heavy atom. The molecule has 0 bridgehead atoms. The molecule has 4 aromatic heterocycles. The standard InChI is InChI=1S/C32H36Cl2N6O4.C31H34Cl2N6O4/c1-6-37-13-15-38(16-14-37)27-10-8-21(17-24(27)30(41)43-5)26-19-29(40-28(36-26)11-12-35-40)39(31(42)44-32(2,3)4)20-22-7-9-23(33)18-25(22)34;1-5-36-12-14-37(15-13-36)26-9-7-20(16-23(26)29(40)41)25-18-28(39-27(35-25)10-11-34-39)38(30(42)43-31(2,3)4)19-21-6-8-22(32)17-24(21)33/h7-12,17-19H,6,13-16,20H2,1-5H3;6-11,16-18H,5,12-15,19H2,1-4H3,(H,40,41). The lowest BCUT2D eigenvalue weighted by Gasteiger charge is -2.36. The van der Waals surface area contributed by atoms with Crippen molar-refractivity contribution < 1.29 is 38.5 Å². The molecule has 2 aliphatic heterocycles. The molecule has 6 heterocycles. The van der Waals surface area contributed by atoms with E-state index in [1.807, 2.05) is 24.3 Å². The fourth-order valence-corrected chi connectivity index (χ4v) is 11.2. The van der Waals surface area contributed by atoms with Crippen LogP contribution in [-0.4, -0.2) is 152 Å². The fourth-order valence-electron chi connectivity index (χ4n) is 10.2. The molecule has 2 saturated heterocycles. The number of carboxylic acid groups (broad SMARTS) is 1. The number of carbonyl (C=O) groups is 4. The second-order valence-corrected chi connectivity index (χ2v) is 24.6. The maximum Gasteiger partial charge on any atom is 0.416 e. The Kier molecular flexibility index (Phi) is 19.9. The molecule has 0 atom stereocenters. The number of hydrogen-bond acceptors (Lipinski definition) is 15. The van der Waals surface area contributed by atoms with E-state index in [1.54, 1.807) is 131 Å². The normalized spacial score (nSPS) is 14.2. The van der Waals surface area contributed by atoms with Gasteiger partial charge in [-0.25, -0.2) is 29.1 Å². The third-order valence-electron chi connectivity index (χ3n) is 14.7. The van der Waals surface area contributed by atoms with Gasteiger partial charge >= 0.3 is 24.1 Å². The number of piperazine rings is 2. The minimum Gasteiger partial charge on any atom is -0.478 e. The first-order valence-electron chi connectivity index (χ1n) is 28.5. The number of hydrogen-bond donors (Lipinski definition) is 1. The smallest absolute Gasteiger partial charge is 0.416 e. The van der Waals surface area contributed by atoms with Gasteiger partial charge < -0.3 is 38.9 Å². The minimum atomic E-state index is -1.02. The van der Waals surface area contributed by atoms with Crippen molar-refractivity contribution in [3.05, 3.63) is 152 Å². The number of fused-ring (bicyclic) bond motifs is 2. The average molecular weight is 1270 g/mol. The van der Waals surface area contributed by atoms with Crippen molar-refractivity contribution in [2.24, 2.45) is 0 Å². The molecule has 0 radical (unpaired) electrons. The summed E-state index contributed by atoms with van der Waals surface area (Å²) in [5.41, 5.74) is 5.18. The van der Waals surface area contributed by atoms with Crippen LogP contribution in [0.1, 0.15) is 87.2 Å². The molecule has 0 spiro atoms. The molecule has 0 unspecified atom stereocenters. The zero-order valence-corrected chi connectivity index (χ0v) is 53.1. The lowest BCUT2D eigenvalue weighted by molar-refractivity contribution is 0.0565. The molecule has 2 amide bonds. The van der Waals surface area contributed by atoms with Gasteiger partial charge in [0.15, 0.2) is 11.3 Å². The van der Waals surface area contributed by atoms with Crippen molar-refractivity contribution in [2.45, 2.75) is 79.7 Å². The zero-order chi connectivity index (χ0) is 62.5. The second kappa shape index (κ2) is 27.1. The average Bonchev–Trinajstić information content (AvgIpc) is 2.45. The Bertz CT molecular complexity index is 3830. The molecular weight excluding hydrogens is 1190 g/mol. The van der Waals surface area contributed by atoms with Crippen molar-refractivity contribution in [3.8, 4) is 22.5 Å². The maximum absolute atomic E-state index is 13.7. The van der Waals surface area contributed by atoms with E-state index in [9.17, 15) is 24.3 Å². The number of amides is 2. The largest absolute Gasteiger partial charge is 0.478 e. The van der Waals surface area contributed by atoms with Crippen molar-refractivity contribution in [3.63, 3.8) is 0 Å². The molecule has 4 aromatic carbocycles. The summed E-state index contributed by atoms with van der Waals surface area (Å²) in [6.45, 7) is 23.8. The van der Waals surface area contributed by atoms with E-state index in [4.69, 9.17) is 70.6 Å². The number of ether oxygens (including phenoxy) is 3. The summed E-state index contributed by atoms with van der Waals surface area (Å²) in [4.78, 5) is 74.3. The van der Waals surface area contributed by atoms with Gasteiger partial charge in [-0.15, -0.1) is 0 Å². The molecule has 2 fully saturated rings. The van der Waals surface area contributed by atoms with E-state index < -0.39 is 35.3 Å². The summed E-state index contributed by atoms with van der Waals surface area (Å²) in [6, 6.07) is 28.1. The molecule has 2 aliphatic rings. The first kappa shape index (κ1) is 63.8. The maximum atomic E-state index is 13.7. The van der Waals surface area contributed by atoms with Crippen LogP contribution >= 0.6 is 46.4 Å². The highest BCUT2D eigenvalue weighted by Crippen LogP contribution is 2.36. The summed E-state index contributed by atoms with van der Waals surface area (Å²) in [7, 11) is 1.38. The highest BCUT2D eigenvalue weighted by molar-refractivity contribution is 6.35. The van der Waals surface area contributed by atoms with Gasteiger partial charge in [-0.1, -0.05) is 84.5 Å². The number of aromatic carboxylic acids is 1. The summed E-state index contributed by atoms with van der Waals surface area (Å²) in [5.74, 6) is -0.664. The van der Waals surface area contributed by atoms with E-state index in [2.05, 4.69) is 43.6 Å². The van der Waals surface area contributed by atoms with Crippen LogP contribution in [0.4, 0.5) is 32.6 Å². The van der Waals surface area contributed by atoms with E-state index in [0.29, 0.717) is 87.9 Å². The lowest BCUT2D eigenvalue weighted by atomic mass is 10.0. The molecule has 20 nitrogen and oxygen atoms in total. The number of carbonyl (C=O) groups excluding carboxylic acids is 3. The Hall–Kier alpha value is -7.72. The van der Waals surface area contributed by atoms with Crippen LogP contribution in [0.25, 0.3) is 33.8 Å². The zero-order valence-electron chi connectivity index (χ0n) is 50.1. The molecule has 8 aromatic rings. The third-order valence-corrected chi connectivity index (χ3v) is 15.9. The molecule has 10 rings (SSSR count). The minimum absolute atomic E-state index is 0.0619.